The van der Waals surface area contributed by atoms with E-state index in [4.69, 9.17) is 9.97 Å². The average Bonchev–Trinajstić information content (AvgIpc) is 3.19. The number of anilines is 4. The van der Waals surface area contributed by atoms with Crippen LogP contribution in [0.15, 0.2) is 146 Å². The first kappa shape index (κ1) is 34.6. The lowest BCUT2D eigenvalue weighted by Gasteiger charge is -2.25. The van der Waals surface area contributed by atoms with Gasteiger partial charge in [-0.1, -0.05) is 113 Å². The molecular formula is C46H50N4. The van der Waals surface area contributed by atoms with Crippen LogP contribution in [0.5, 0.6) is 0 Å². The van der Waals surface area contributed by atoms with Gasteiger partial charge in [0.15, 0.2) is 0 Å². The fourth-order valence-electron chi connectivity index (χ4n) is 6.59. The van der Waals surface area contributed by atoms with Crippen LogP contribution < -0.4 is 9.80 Å². The first-order valence-electron chi connectivity index (χ1n) is 18.5. The zero-order valence-corrected chi connectivity index (χ0v) is 29.7. The summed E-state index contributed by atoms with van der Waals surface area (Å²) in [4.78, 5) is 14.4. The molecule has 0 N–H and O–H groups in total. The average molecular weight is 659 g/mol. The molecule has 2 aromatic heterocycles. The van der Waals surface area contributed by atoms with Crippen LogP contribution in [0.2, 0.25) is 0 Å². The predicted molar refractivity (Wildman–Crippen MR) is 214 cm³/mol. The number of unbranched alkanes of at least 4 members (excludes halogenated alkanes) is 6. The molecule has 0 unspecified atom stereocenters. The van der Waals surface area contributed by atoms with Gasteiger partial charge in [0.25, 0.3) is 0 Å². The number of para-hydroxylation sites is 2. The fourth-order valence-corrected chi connectivity index (χ4v) is 6.59. The van der Waals surface area contributed by atoms with Crippen molar-refractivity contribution >= 4 is 22.7 Å². The Hall–Kier alpha value is -5.22. The molecule has 0 radical (unpaired) electrons. The summed E-state index contributed by atoms with van der Waals surface area (Å²) in [5.41, 5.74) is 11.2. The summed E-state index contributed by atoms with van der Waals surface area (Å²) in [6.07, 6.45) is 13.7. The zero-order chi connectivity index (χ0) is 34.4. The van der Waals surface area contributed by atoms with E-state index in [1.165, 1.54) is 85.2 Å². The van der Waals surface area contributed by atoms with Crippen LogP contribution in [0.1, 0.15) is 65.2 Å². The van der Waals surface area contributed by atoms with Crippen molar-refractivity contribution in [3.63, 3.8) is 0 Å². The molecule has 2 heterocycles. The van der Waals surface area contributed by atoms with Gasteiger partial charge in [0.05, 0.1) is 11.4 Å². The first-order valence-corrected chi connectivity index (χ1v) is 18.5. The summed E-state index contributed by atoms with van der Waals surface area (Å²) in [5, 5.41) is 0. The number of nitrogens with zero attached hydrogens (tertiary/aromatic N) is 4. The van der Waals surface area contributed by atoms with Gasteiger partial charge in [-0.15, -0.1) is 0 Å². The summed E-state index contributed by atoms with van der Waals surface area (Å²) in [5.74, 6) is 0. The first-order chi connectivity index (χ1) is 24.7. The minimum absolute atomic E-state index is 0.870. The molecule has 0 spiro atoms. The molecular weight excluding hydrogens is 609 g/mol. The largest absolute Gasteiger partial charge is 0.341 e. The molecule has 4 nitrogen and oxygen atoms in total. The standard InChI is InChI=1S/C46H50N4/c1-3-5-7-15-33-49(41-17-11-9-12-18-41)43-25-21-37(22-26-43)39-29-31-47-45(35-39)46-36-40(30-32-48-46)38-23-27-44(28-24-38)50(34-16-8-6-4-2)42-19-13-10-14-20-42/h9-14,17-32,35-36H,3-8,15-16,33-34H2,1-2H3. The van der Waals surface area contributed by atoms with Crippen LogP contribution in [0.25, 0.3) is 33.6 Å². The summed E-state index contributed by atoms with van der Waals surface area (Å²) in [7, 11) is 0. The Bertz CT molecular complexity index is 1730. The fraction of sp³-hybridized carbons (Fsp3) is 0.261. The molecule has 0 aliphatic heterocycles. The van der Waals surface area contributed by atoms with Gasteiger partial charge in [-0.3, -0.25) is 9.97 Å². The van der Waals surface area contributed by atoms with Gasteiger partial charge >= 0.3 is 0 Å². The zero-order valence-electron chi connectivity index (χ0n) is 29.7. The minimum atomic E-state index is 0.870. The maximum absolute atomic E-state index is 4.74. The highest BCUT2D eigenvalue weighted by Crippen LogP contribution is 2.32. The van der Waals surface area contributed by atoms with Crippen molar-refractivity contribution in [2.24, 2.45) is 0 Å². The maximum atomic E-state index is 4.74. The smallest absolute Gasteiger partial charge is 0.0892 e. The number of pyridine rings is 2. The molecule has 254 valence electrons. The monoisotopic (exact) mass is 658 g/mol. The van der Waals surface area contributed by atoms with E-state index in [1.54, 1.807) is 0 Å². The van der Waals surface area contributed by atoms with Crippen molar-refractivity contribution < 1.29 is 0 Å². The molecule has 0 amide bonds. The molecule has 6 rings (SSSR count). The van der Waals surface area contributed by atoms with Crippen LogP contribution >= 0.6 is 0 Å². The van der Waals surface area contributed by atoms with Crippen molar-refractivity contribution in [2.45, 2.75) is 65.2 Å². The van der Waals surface area contributed by atoms with Crippen molar-refractivity contribution in [1.82, 2.24) is 9.97 Å². The molecule has 0 saturated heterocycles. The SMILES string of the molecule is CCCCCCN(c1ccccc1)c1ccc(-c2ccnc(-c3cc(-c4ccc(N(CCCCCC)c5ccccc5)cc4)ccn3)c2)cc1. The maximum Gasteiger partial charge on any atom is 0.0892 e. The molecule has 4 aromatic carbocycles. The molecule has 0 atom stereocenters. The Balaban J connectivity index is 1.19. The summed E-state index contributed by atoms with van der Waals surface area (Å²) in [6, 6.07) is 47.8. The van der Waals surface area contributed by atoms with Crippen LogP contribution in [0.4, 0.5) is 22.7 Å². The number of rotatable bonds is 17. The van der Waals surface area contributed by atoms with Gasteiger partial charge in [0, 0.05) is 48.2 Å². The Labute approximate surface area is 299 Å². The van der Waals surface area contributed by atoms with Gasteiger partial charge in [-0.25, -0.2) is 0 Å². The third-order valence-corrected chi connectivity index (χ3v) is 9.41. The minimum Gasteiger partial charge on any atom is -0.341 e. The Morgan fingerprint density at radius 3 is 1.14 bits per heavy atom. The van der Waals surface area contributed by atoms with Crippen molar-refractivity contribution in [3.05, 3.63) is 146 Å². The summed E-state index contributed by atoms with van der Waals surface area (Å²) < 4.78 is 0. The number of hydrogen-bond donors (Lipinski definition) is 0. The van der Waals surface area contributed by atoms with Crippen LogP contribution in [-0.2, 0) is 0 Å². The normalized spacial score (nSPS) is 11.0. The van der Waals surface area contributed by atoms with Crippen molar-refractivity contribution in [3.8, 4) is 33.6 Å². The topological polar surface area (TPSA) is 32.3 Å². The lowest BCUT2D eigenvalue weighted by atomic mass is 10.0. The van der Waals surface area contributed by atoms with E-state index in [2.05, 4.69) is 157 Å². The van der Waals surface area contributed by atoms with E-state index >= 15 is 0 Å². The lowest BCUT2D eigenvalue weighted by molar-refractivity contribution is 0.668. The Morgan fingerprint density at radius 1 is 0.380 bits per heavy atom. The van der Waals surface area contributed by atoms with Crippen molar-refractivity contribution in [1.29, 1.82) is 0 Å². The molecule has 6 aromatic rings. The molecule has 0 aliphatic carbocycles. The molecule has 0 bridgehead atoms. The van der Waals surface area contributed by atoms with E-state index in [9.17, 15) is 0 Å². The highest BCUT2D eigenvalue weighted by molar-refractivity contribution is 5.75. The highest BCUT2D eigenvalue weighted by Gasteiger charge is 2.12. The highest BCUT2D eigenvalue weighted by atomic mass is 15.1. The predicted octanol–water partition coefficient (Wildman–Crippen LogP) is 12.9. The van der Waals surface area contributed by atoms with Gasteiger partial charge in [-0.2, -0.15) is 0 Å². The Morgan fingerprint density at radius 2 is 0.760 bits per heavy atom. The number of benzene rings is 4. The third-order valence-electron chi connectivity index (χ3n) is 9.41. The van der Waals surface area contributed by atoms with E-state index < -0.39 is 0 Å². The second-order valence-electron chi connectivity index (χ2n) is 13.0. The lowest BCUT2D eigenvalue weighted by Crippen LogP contribution is -2.18. The van der Waals surface area contributed by atoms with Crippen LogP contribution in [-0.4, -0.2) is 23.1 Å². The molecule has 0 saturated carbocycles. The van der Waals surface area contributed by atoms with Crippen molar-refractivity contribution in [2.75, 3.05) is 22.9 Å². The van der Waals surface area contributed by atoms with E-state index in [1.807, 2.05) is 12.4 Å². The van der Waals surface area contributed by atoms with Gasteiger partial charge in [-0.05, 0) is 108 Å². The van der Waals surface area contributed by atoms with Gasteiger partial charge in [0.2, 0.25) is 0 Å². The number of aromatic nitrogens is 2. The summed E-state index contributed by atoms with van der Waals surface area (Å²) >= 11 is 0. The van der Waals surface area contributed by atoms with Crippen LogP contribution in [0.3, 0.4) is 0 Å². The van der Waals surface area contributed by atoms with Crippen LogP contribution in [0, 0.1) is 0 Å². The molecule has 50 heavy (non-hydrogen) atoms. The second-order valence-corrected chi connectivity index (χ2v) is 13.0. The van der Waals surface area contributed by atoms with E-state index in [0.717, 1.165) is 35.6 Å². The quantitative estimate of drug-likeness (QED) is 0.0913. The van der Waals surface area contributed by atoms with Gasteiger partial charge in [0.1, 0.15) is 0 Å². The summed E-state index contributed by atoms with van der Waals surface area (Å²) in [6.45, 7) is 6.55. The van der Waals surface area contributed by atoms with E-state index in [0.29, 0.717) is 0 Å². The molecule has 0 fully saturated rings. The third kappa shape index (κ3) is 9.06. The second kappa shape index (κ2) is 18.0. The molecule has 4 heteroatoms. The van der Waals surface area contributed by atoms with Gasteiger partial charge < -0.3 is 9.80 Å². The molecule has 0 aliphatic rings. The number of hydrogen-bond acceptors (Lipinski definition) is 4. The van der Waals surface area contributed by atoms with E-state index in [-0.39, 0.29) is 0 Å². The Kier molecular flexibility index (Phi) is 12.4.